The van der Waals surface area contributed by atoms with Crippen LogP contribution in [0.1, 0.15) is 57.6 Å². The van der Waals surface area contributed by atoms with E-state index in [9.17, 15) is 0 Å². The first-order chi connectivity index (χ1) is 13.1. The molecule has 1 aliphatic rings. The Morgan fingerprint density at radius 1 is 1.18 bits per heavy atom. The molecule has 1 heterocycles. The average Bonchev–Trinajstić information content (AvgIpc) is 2.68. The molecular weight excluding hydrogens is 463 g/mol. The highest BCUT2D eigenvalue weighted by atomic mass is 127. The van der Waals surface area contributed by atoms with Crippen LogP contribution in [0.4, 0.5) is 0 Å². The molecule has 6 heteroatoms. The van der Waals surface area contributed by atoms with Gasteiger partial charge in [-0.15, -0.1) is 24.0 Å². The SMILES string of the molecule is CN=C(NCCCN1CCCCC1C)NCc1ccc(COC(C)C)cc1.I. The Morgan fingerprint density at radius 3 is 2.54 bits per heavy atom. The van der Waals surface area contributed by atoms with Crippen molar-refractivity contribution in [2.45, 2.75) is 71.8 Å². The van der Waals surface area contributed by atoms with Crippen LogP contribution < -0.4 is 10.6 Å². The molecule has 1 unspecified atom stereocenters. The molecular formula is C22H39IN4O. The second kappa shape index (κ2) is 14.2. The van der Waals surface area contributed by atoms with Crippen molar-refractivity contribution in [1.29, 1.82) is 0 Å². The first-order valence-corrected chi connectivity index (χ1v) is 10.5. The molecule has 0 bridgehead atoms. The van der Waals surface area contributed by atoms with Crippen molar-refractivity contribution in [3.8, 4) is 0 Å². The second-order valence-corrected chi connectivity index (χ2v) is 7.76. The van der Waals surface area contributed by atoms with Gasteiger partial charge >= 0.3 is 0 Å². The van der Waals surface area contributed by atoms with Crippen LogP contribution in [-0.2, 0) is 17.9 Å². The number of rotatable bonds is 9. The van der Waals surface area contributed by atoms with Crippen LogP contribution in [0.25, 0.3) is 0 Å². The lowest BCUT2D eigenvalue weighted by Gasteiger charge is -2.33. The van der Waals surface area contributed by atoms with Gasteiger partial charge in [-0.25, -0.2) is 0 Å². The molecule has 0 radical (unpaired) electrons. The molecule has 28 heavy (non-hydrogen) atoms. The summed E-state index contributed by atoms with van der Waals surface area (Å²) in [4.78, 5) is 6.95. The topological polar surface area (TPSA) is 48.9 Å². The molecule has 160 valence electrons. The fourth-order valence-corrected chi connectivity index (χ4v) is 3.40. The van der Waals surface area contributed by atoms with Gasteiger partial charge in [-0.2, -0.15) is 0 Å². The maximum absolute atomic E-state index is 5.64. The smallest absolute Gasteiger partial charge is 0.191 e. The molecule has 5 nitrogen and oxygen atoms in total. The zero-order chi connectivity index (χ0) is 19.5. The number of hydrogen-bond acceptors (Lipinski definition) is 3. The largest absolute Gasteiger partial charge is 0.374 e. The third-order valence-electron chi connectivity index (χ3n) is 5.14. The number of piperidine rings is 1. The van der Waals surface area contributed by atoms with Crippen LogP contribution in [0.15, 0.2) is 29.3 Å². The van der Waals surface area contributed by atoms with E-state index >= 15 is 0 Å². The monoisotopic (exact) mass is 502 g/mol. The lowest BCUT2D eigenvalue weighted by molar-refractivity contribution is 0.0657. The maximum atomic E-state index is 5.64. The minimum absolute atomic E-state index is 0. The third-order valence-corrected chi connectivity index (χ3v) is 5.14. The second-order valence-electron chi connectivity index (χ2n) is 7.76. The number of nitrogens with zero attached hydrogens (tertiary/aromatic N) is 2. The highest BCUT2D eigenvalue weighted by molar-refractivity contribution is 14.0. The highest BCUT2D eigenvalue weighted by Gasteiger charge is 2.17. The average molecular weight is 502 g/mol. The molecule has 1 fully saturated rings. The van der Waals surface area contributed by atoms with Gasteiger partial charge in [-0.3, -0.25) is 4.99 Å². The summed E-state index contributed by atoms with van der Waals surface area (Å²) in [7, 11) is 1.83. The Balaban J connectivity index is 0.00000392. The quantitative estimate of drug-likeness (QED) is 0.231. The van der Waals surface area contributed by atoms with Crippen LogP contribution in [0.3, 0.4) is 0 Å². The molecule has 0 aliphatic carbocycles. The first-order valence-electron chi connectivity index (χ1n) is 10.5. The molecule has 0 spiro atoms. The summed E-state index contributed by atoms with van der Waals surface area (Å²) in [6, 6.07) is 9.31. The lowest BCUT2D eigenvalue weighted by Crippen LogP contribution is -2.41. The van der Waals surface area contributed by atoms with Crippen LogP contribution in [0.2, 0.25) is 0 Å². The molecule has 2 rings (SSSR count). The number of ether oxygens (including phenoxy) is 1. The number of hydrogen-bond donors (Lipinski definition) is 2. The molecule has 0 aromatic heterocycles. The van der Waals surface area contributed by atoms with Crippen LogP contribution >= 0.6 is 24.0 Å². The minimum atomic E-state index is 0. The van der Waals surface area contributed by atoms with E-state index in [1.165, 1.54) is 43.5 Å². The van der Waals surface area contributed by atoms with Crippen LogP contribution in [0.5, 0.6) is 0 Å². The number of aliphatic imine (C=N–C) groups is 1. The molecule has 0 saturated carbocycles. The number of likely N-dealkylation sites (tertiary alicyclic amines) is 1. The van der Waals surface area contributed by atoms with Crippen LogP contribution in [-0.4, -0.2) is 49.7 Å². The molecule has 1 aromatic carbocycles. The summed E-state index contributed by atoms with van der Waals surface area (Å²) in [6.07, 6.45) is 5.50. The summed E-state index contributed by atoms with van der Waals surface area (Å²) in [6.45, 7) is 11.3. The van der Waals surface area contributed by atoms with E-state index in [1.54, 1.807) is 0 Å². The van der Waals surface area contributed by atoms with Crippen molar-refractivity contribution < 1.29 is 4.74 Å². The molecule has 1 aliphatic heterocycles. The molecule has 0 amide bonds. The first kappa shape index (κ1) is 25.2. The van der Waals surface area contributed by atoms with E-state index < -0.39 is 0 Å². The number of benzene rings is 1. The fraction of sp³-hybridized carbons (Fsp3) is 0.682. The van der Waals surface area contributed by atoms with Gasteiger partial charge in [0.25, 0.3) is 0 Å². The number of halogens is 1. The maximum Gasteiger partial charge on any atom is 0.191 e. The molecule has 1 aromatic rings. The highest BCUT2D eigenvalue weighted by Crippen LogP contribution is 2.16. The molecule has 1 saturated heterocycles. The fourth-order valence-electron chi connectivity index (χ4n) is 3.40. The Bertz CT molecular complexity index is 562. The van der Waals surface area contributed by atoms with Gasteiger partial charge in [-0.05, 0) is 57.7 Å². The van der Waals surface area contributed by atoms with E-state index in [2.05, 4.69) is 65.6 Å². The Labute approximate surface area is 188 Å². The van der Waals surface area contributed by atoms with Gasteiger partial charge in [0.15, 0.2) is 5.96 Å². The Morgan fingerprint density at radius 2 is 1.89 bits per heavy atom. The van der Waals surface area contributed by atoms with E-state index in [-0.39, 0.29) is 30.1 Å². The standard InChI is InChI=1S/C22H38N4O.HI/c1-18(2)27-17-21-11-9-20(10-12-21)16-25-22(23-4)24-13-7-15-26-14-6-5-8-19(26)3;/h9-12,18-19H,5-8,13-17H2,1-4H3,(H2,23,24,25);1H. The zero-order valence-electron chi connectivity index (χ0n) is 18.0. The van der Waals surface area contributed by atoms with Crippen molar-refractivity contribution >= 4 is 29.9 Å². The van der Waals surface area contributed by atoms with Gasteiger partial charge < -0.3 is 20.3 Å². The third kappa shape index (κ3) is 9.56. The van der Waals surface area contributed by atoms with Gasteiger partial charge in [0.2, 0.25) is 0 Å². The van der Waals surface area contributed by atoms with E-state index in [0.29, 0.717) is 6.61 Å². The van der Waals surface area contributed by atoms with Crippen molar-refractivity contribution in [2.24, 2.45) is 4.99 Å². The normalized spacial score (nSPS) is 18.0. The van der Waals surface area contributed by atoms with Gasteiger partial charge in [0, 0.05) is 32.7 Å². The van der Waals surface area contributed by atoms with Crippen LogP contribution in [0, 0.1) is 0 Å². The zero-order valence-corrected chi connectivity index (χ0v) is 20.4. The minimum Gasteiger partial charge on any atom is -0.374 e. The number of nitrogens with one attached hydrogen (secondary N) is 2. The Hall–Kier alpha value is -0.860. The molecule has 2 N–H and O–H groups in total. The summed E-state index contributed by atoms with van der Waals surface area (Å²) in [5.74, 6) is 0.869. The van der Waals surface area contributed by atoms with Crippen molar-refractivity contribution in [3.63, 3.8) is 0 Å². The van der Waals surface area contributed by atoms with E-state index in [1.807, 2.05) is 7.05 Å². The van der Waals surface area contributed by atoms with Crippen molar-refractivity contribution in [1.82, 2.24) is 15.5 Å². The van der Waals surface area contributed by atoms with Crippen molar-refractivity contribution in [2.75, 3.05) is 26.7 Å². The summed E-state index contributed by atoms with van der Waals surface area (Å²) in [5.41, 5.74) is 2.45. The summed E-state index contributed by atoms with van der Waals surface area (Å²) in [5, 5.41) is 6.83. The summed E-state index contributed by atoms with van der Waals surface area (Å²) >= 11 is 0. The van der Waals surface area contributed by atoms with Crippen molar-refractivity contribution in [3.05, 3.63) is 35.4 Å². The van der Waals surface area contributed by atoms with Gasteiger partial charge in [-0.1, -0.05) is 30.7 Å². The molecule has 1 atom stereocenters. The Kier molecular flexibility index (Phi) is 12.7. The predicted molar refractivity (Wildman–Crippen MR) is 129 cm³/mol. The van der Waals surface area contributed by atoms with E-state index in [0.717, 1.165) is 31.5 Å². The van der Waals surface area contributed by atoms with Gasteiger partial charge in [0.1, 0.15) is 0 Å². The predicted octanol–water partition coefficient (Wildman–Crippen LogP) is 4.16. The lowest BCUT2D eigenvalue weighted by atomic mass is 10.0. The number of guanidine groups is 1. The van der Waals surface area contributed by atoms with E-state index in [4.69, 9.17) is 4.74 Å². The summed E-state index contributed by atoms with van der Waals surface area (Å²) < 4.78 is 5.64. The van der Waals surface area contributed by atoms with Gasteiger partial charge in [0.05, 0.1) is 12.7 Å².